The first kappa shape index (κ1) is 20.0. The molecule has 2 rings (SSSR count). The van der Waals surface area contributed by atoms with Crippen molar-refractivity contribution in [2.24, 2.45) is 0 Å². The lowest BCUT2D eigenvalue weighted by atomic mass is 9.73. The van der Waals surface area contributed by atoms with Crippen molar-refractivity contribution in [3.05, 3.63) is 39.4 Å². The first-order chi connectivity index (χ1) is 11.4. The van der Waals surface area contributed by atoms with Gasteiger partial charge >= 0.3 is 0 Å². The number of hydrogen-bond donors (Lipinski definition) is 2. The number of rotatable bonds is 5. The van der Waals surface area contributed by atoms with Crippen molar-refractivity contribution in [1.29, 1.82) is 0 Å². The molecule has 9 heteroatoms. The van der Waals surface area contributed by atoms with E-state index in [2.05, 4.69) is 4.72 Å². The Hall–Kier alpha value is -1.29. The Morgan fingerprint density at radius 3 is 2.56 bits per heavy atom. The molecule has 0 radical (unpaired) electrons. The van der Waals surface area contributed by atoms with E-state index in [9.17, 15) is 28.6 Å². The van der Waals surface area contributed by atoms with E-state index < -0.39 is 39.1 Å². The number of aryl methyl sites for hydroxylation is 1. The van der Waals surface area contributed by atoms with Crippen molar-refractivity contribution in [1.82, 2.24) is 4.72 Å². The maximum absolute atomic E-state index is 14.8. The number of fused-ring (bicyclic) bond motifs is 1. The summed E-state index contributed by atoms with van der Waals surface area (Å²) in [4.78, 5) is 10.4. The molecule has 0 aromatic heterocycles. The summed E-state index contributed by atoms with van der Waals surface area (Å²) < 4.78 is 44.0. The van der Waals surface area contributed by atoms with Crippen LogP contribution in [0.5, 0.6) is 0 Å². The maximum atomic E-state index is 14.8. The summed E-state index contributed by atoms with van der Waals surface area (Å²) in [5, 5.41) is 20.4. The molecule has 0 heterocycles. The number of non-ortho nitro benzene ring substituents is 1. The van der Waals surface area contributed by atoms with Crippen LogP contribution < -0.4 is 4.72 Å². The number of halogens is 2. The molecule has 2 atom stereocenters. The van der Waals surface area contributed by atoms with Crippen LogP contribution in [0.25, 0.3) is 0 Å². The summed E-state index contributed by atoms with van der Waals surface area (Å²) in [5.74, 6) is -3.64. The first-order valence-corrected chi connectivity index (χ1v) is 9.06. The van der Waals surface area contributed by atoms with Gasteiger partial charge < -0.3 is 9.66 Å². The molecule has 0 saturated carbocycles. The molecule has 1 aliphatic carbocycles. The fraction of sp³-hybridized carbons (Fsp3) is 0.625. The Morgan fingerprint density at radius 2 is 2.04 bits per heavy atom. The Bertz CT molecular complexity index is 666. The number of nitrogens with one attached hydrogen (secondary N) is 1. The molecule has 6 nitrogen and oxygen atoms in total. The van der Waals surface area contributed by atoms with Crippen LogP contribution in [-0.2, 0) is 23.3 Å². The van der Waals surface area contributed by atoms with Gasteiger partial charge in [-0.2, -0.15) is 0 Å². The van der Waals surface area contributed by atoms with E-state index in [-0.39, 0.29) is 17.7 Å². The number of alkyl halides is 2. The van der Waals surface area contributed by atoms with Gasteiger partial charge in [0.2, 0.25) is 0 Å². The summed E-state index contributed by atoms with van der Waals surface area (Å²) >= 11 is -1.86. The highest BCUT2D eigenvalue weighted by atomic mass is 32.2. The van der Waals surface area contributed by atoms with Crippen molar-refractivity contribution in [2.75, 3.05) is 6.61 Å². The third kappa shape index (κ3) is 3.64. The van der Waals surface area contributed by atoms with Crippen molar-refractivity contribution < 1.29 is 23.4 Å². The lowest BCUT2D eigenvalue weighted by Gasteiger charge is -2.44. The van der Waals surface area contributed by atoms with Gasteiger partial charge in [0.15, 0.2) is 5.54 Å². The zero-order valence-electron chi connectivity index (χ0n) is 14.3. The average Bonchev–Trinajstić information content (AvgIpc) is 2.53. The summed E-state index contributed by atoms with van der Waals surface area (Å²) in [5.41, 5.74) is -1.88. The largest absolute Gasteiger partial charge is 0.598 e. The van der Waals surface area contributed by atoms with Gasteiger partial charge in [-0.1, -0.05) is 6.07 Å². The maximum Gasteiger partial charge on any atom is 0.296 e. The quantitative estimate of drug-likeness (QED) is 0.468. The van der Waals surface area contributed by atoms with Gasteiger partial charge in [-0.3, -0.25) is 10.1 Å². The van der Waals surface area contributed by atoms with Crippen molar-refractivity contribution in [2.45, 2.75) is 56.2 Å². The molecule has 0 fully saturated rings. The van der Waals surface area contributed by atoms with Gasteiger partial charge in [0.25, 0.3) is 11.6 Å². The molecule has 0 saturated heterocycles. The second-order valence-corrected chi connectivity index (χ2v) is 9.17. The predicted octanol–water partition coefficient (Wildman–Crippen LogP) is 2.81. The van der Waals surface area contributed by atoms with Crippen LogP contribution in [0.3, 0.4) is 0 Å². The predicted molar refractivity (Wildman–Crippen MR) is 90.8 cm³/mol. The van der Waals surface area contributed by atoms with Gasteiger partial charge in [-0.15, -0.1) is 4.72 Å². The molecule has 1 unspecified atom stereocenters. The molecular weight excluding hydrogens is 354 g/mol. The topological polar surface area (TPSA) is 98.5 Å². The lowest BCUT2D eigenvalue weighted by molar-refractivity contribution is -0.385. The van der Waals surface area contributed by atoms with Crippen LogP contribution >= 0.6 is 0 Å². The van der Waals surface area contributed by atoms with E-state index in [1.807, 2.05) is 0 Å². The smallest absolute Gasteiger partial charge is 0.296 e. The standard InChI is InChI=1S/C16H22F2N2O4S/c1-14(2,3)25(24)19-15(16(17,18)10-21)8-4-5-11-6-7-12(20(22)23)9-13(11)15/h6-7,9,19,21H,4-5,8,10H2,1-3H3/t15-,25?/m1/s1. The number of nitrogens with zero attached hydrogens (tertiary/aromatic N) is 1. The Morgan fingerprint density at radius 1 is 1.40 bits per heavy atom. The van der Waals surface area contributed by atoms with Crippen LogP contribution in [0, 0.1) is 10.1 Å². The van der Waals surface area contributed by atoms with E-state index >= 15 is 0 Å². The van der Waals surface area contributed by atoms with Crippen molar-refractivity contribution >= 4 is 17.0 Å². The Labute approximate surface area is 148 Å². The highest BCUT2D eigenvalue weighted by Crippen LogP contribution is 2.47. The molecule has 1 aromatic carbocycles. The third-order valence-corrected chi connectivity index (χ3v) is 6.05. The monoisotopic (exact) mass is 376 g/mol. The molecule has 25 heavy (non-hydrogen) atoms. The van der Waals surface area contributed by atoms with Crippen LogP contribution in [0.1, 0.15) is 44.7 Å². The fourth-order valence-electron chi connectivity index (χ4n) is 2.98. The molecular formula is C16H22F2N2O4S. The molecule has 1 aromatic rings. The molecule has 0 spiro atoms. The summed E-state index contributed by atoms with van der Waals surface area (Å²) in [6.07, 6.45) is 0.783. The zero-order chi connectivity index (χ0) is 19.0. The number of nitro benzene ring substituents is 1. The van der Waals surface area contributed by atoms with Crippen LogP contribution in [0.15, 0.2) is 18.2 Å². The van der Waals surface area contributed by atoms with E-state index in [4.69, 9.17) is 0 Å². The molecule has 0 aliphatic heterocycles. The van der Waals surface area contributed by atoms with Gasteiger partial charge in [0.1, 0.15) is 11.4 Å². The van der Waals surface area contributed by atoms with Gasteiger partial charge in [0.05, 0.1) is 4.92 Å². The summed E-state index contributed by atoms with van der Waals surface area (Å²) in [7, 11) is 0. The number of nitro groups is 1. The van der Waals surface area contributed by atoms with Crippen molar-refractivity contribution in [3.8, 4) is 0 Å². The first-order valence-electron chi connectivity index (χ1n) is 7.91. The van der Waals surface area contributed by atoms with E-state index in [1.54, 1.807) is 20.8 Å². The van der Waals surface area contributed by atoms with Crippen LogP contribution in [0.2, 0.25) is 0 Å². The lowest BCUT2D eigenvalue weighted by Crippen LogP contribution is -2.62. The minimum Gasteiger partial charge on any atom is -0.598 e. The number of hydrogen-bond acceptors (Lipinski definition) is 5. The highest BCUT2D eigenvalue weighted by Gasteiger charge is 2.60. The molecule has 0 amide bonds. The second kappa shape index (κ2) is 6.79. The van der Waals surface area contributed by atoms with E-state index in [0.717, 1.165) is 6.07 Å². The van der Waals surface area contributed by atoms with Crippen molar-refractivity contribution in [3.63, 3.8) is 0 Å². The molecule has 0 bridgehead atoms. The average molecular weight is 376 g/mol. The van der Waals surface area contributed by atoms with Gasteiger partial charge in [-0.05, 0) is 51.2 Å². The minimum absolute atomic E-state index is 0.0320. The summed E-state index contributed by atoms with van der Waals surface area (Å²) in [6.45, 7) is 3.46. The normalized spacial score (nSPS) is 22.4. The van der Waals surface area contributed by atoms with E-state index in [1.165, 1.54) is 12.1 Å². The van der Waals surface area contributed by atoms with Gasteiger partial charge in [-0.25, -0.2) is 8.78 Å². The Balaban J connectivity index is 2.66. The highest BCUT2D eigenvalue weighted by molar-refractivity contribution is 7.90. The van der Waals surface area contributed by atoms with E-state index in [0.29, 0.717) is 18.4 Å². The summed E-state index contributed by atoms with van der Waals surface area (Å²) in [6, 6.07) is 3.83. The Kier molecular flexibility index (Phi) is 5.44. The SMILES string of the molecule is CC(C)(C)[S+]([O-])N[C@]1(C(F)(F)CO)CCCc2ccc([N+](=O)[O-])cc21. The minimum atomic E-state index is -3.64. The zero-order valence-corrected chi connectivity index (χ0v) is 15.2. The van der Waals surface area contributed by atoms with Crippen LogP contribution in [-0.4, -0.2) is 31.9 Å². The molecule has 140 valence electrons. The van der Waals surface area contributed by atoms with Crippen LogP contribution in [0.4, 0.5) is 14.5 Å². The fourth-order valence-corrected chi connectivity index (χ4v) is 3.96. The number of aliphatic hydroxyl groups is 1. The molecule has 2 N–H and O–H groups in total. The third-order valence-electron chi connectivity index (χ3n) is 4.41. The second-order valence-electron chi connectivity index (χ2n) is 7.20. The number of aliphatic hydroxyl groups excluding tert-OH is 1. The van der Waals surface area contributed by atoms with Gasteiger partial charge in [0, 0.05) is 23.5 Å². The number of benzene rings is 1. The molecule has 1 aliphatic rings.